The molecule has 188 valence electrons. The van der Waals surface area contributed by atoms with E-state index < -0.39 is 54.6 Å². The van der Waals surface area contributed by atoms with Crippen molar-refractivity contribution in [1.29, 1.82) is 0 Å². The van der Waals surface area contributed by atoms with Gasteiger partial charge < -0.3 is 28.4 Å². The topological polar surface area (TPSA) is 124 Å². The van der Waals surface area contributed by atoms with E-state index in [1.54, 1.807) is 0 Å². The van der Waals surface area contributed by atoms with Crippen molar-refractivity contribution in [2.75, 3.05) is 6.61 Å². The summed E-state index contributed by atoms with van der Waals surface area (Å²) >= 11 is 0. The molecule has 1 heterocycles. The lowest BCUT2D eigenvalue weighted by molar-refractivity contribution is -0.288. The second-order valence-corrected chi connectivity index (χ2v) is 8.37. The average Bonchev–Trinajstić information content (AvgIpc) is 2.71. The molecule has 0 saturated carbocycles. The van der Waals surface area contributed by atoms with Gasteiger partial charge in [0.1, 0.15) is 18.5 Å². The predicted molar refractivity (Wildman–Crippen MR) is 118 cm³/mol. The van der Waals surface area contributed by atoms with E-state index in [0.717, 1.165) is 25.0 Å². The predicted octanol–water partition coefficient (Wildman–Crippen LogP) is 2.58. The lowest BCUT2D eigenvalue weighted by Gasteiger charge is -2.44. The first-order valence-electron chi connectivity index (χ1n) is 11.0. The van der Waals surface area contributed by atoms with Gasteiger partial charge in [-0.05, 0) is 30.0 Å². The molecule has 1 saturated heterocycles. The van der Waals surface area contributed by atoms with Crippen molar-refractivity contribution >= 4 is 23.9 Å². The number of ether oxygens (including phenoxy) is 6. The first-order chi connectivity index (χ1) is 15.9. The van der Waals surface area contributed by atoms with E-state index in [4.69, 9.17) is 28.4 Å². The van der Waals surface area contributed by atoms with Gasteiger partial charge in [-0.3, -0.25) is 19.2 Å². The Labute approximate surface area is 198 Å². The van der Waals surface area contributed by atoms with Gasteiger partial charge in [-0.1, -0.05) is 26.0 Å². The molecule has 5 atom stereocenters. The minimum Gasteiger partial charge on any atom is -0.463 e. The minimum atomic E-state index is -1.28. The van der Waals surface area contributed by atoms with Crippen molar-refractivity contribution in [3.05, 3.63) is 29.3 Å². The molecular weight excluding hydrogens is 448 g/mol. The summed E-state index contributed by atoms with van der Waals surface area (Å²) in [5, 5.41) is 0. The zero-order valence-corrected chi connectivity index (χ0v) is 20.5. The molecule has 34 heavy (non-hydrogen) atoms. The molecule has 1 aromatic rings. The van der Waals surface area contributed by atoms with E-state index in [1.807, 2.05) is 39.0 Å². The number of hydrogen-bond acceptors (Lipinski definition) is 10. The smallest absolute Gasteiger partial charge is 0.303 e. The van der Waals surface area contributed by atoms with E-state index >= 15 is 0 Å². The van der Waals surface area contributed by atoms with Gasteiger partial charge >= 0.3 is 23.9 Å². The molecule has 10 nitrogen and oxygen atoms in total. The van der Waals surface area contributed by atoms with Crippen LogP contribution in [0.1, 0.15) is 58.6 Å². The molecule has 0 bridgehead atoms. The van der Waals surface area contributed by atoms with E-state index in [0.29, 0.717) is 5.75 Å². The molecular formula is C24H32O10. The van der Waals surface area contributed by atoms with Gasteiger partial charge in [-0.25, -0.2) is 0 Å². The standard InChI is InChI=1S/C24H32O10/c1-12(2)18-9-8-13(3)19(10-18)33-24-23(32-17(7)28)22(31-16(6)27)21(30-15(5)26)20(34-24)11-29-14(4)25/h8-10,12,20-24H,11H2,1-7H3/t20-,21+,22+,23+,24+/m0/s1. The van der Waals surface area contributed by atoms with E-state index in [1.165, 1.54) is 13.8 Å². The van der Waals surface area contributed by atoms with E-state index in [9.17, 15) is 19.2 Å². The maximum absolute atomic E-state index is 11.9. The molecule has 0 unspecified atom stereocenters. The number of rotatable bonds is 8. The highest BCUT2D eigenvalue weighted by Crippen LogP contribution is 2.33. The minimum absolute atomic E-state index is 0.221. The Morgan fingerprint density at radius 1 is 0.853 bits per heavy atom. The summed E-state index contributed by atoms with van der Waals surface area (Å²) in [6, 6.07) is 5.70. The average molecular weight is 481 g/mol. The molecule has 0 amide bonds. The van der Waals surface area contributed by atoms with Crippen LogP contribution in [0.25, 0.3) is 0 Å². The Kier molecular flexibility index (Phi) is 9.43. The maximum Gasteiger partial charge on any atom is 0.303 e. The van der Waals surface area contributed by atoms with Gasteiger partial charge in [0.25, 0.3) is 0 Å². The Hall–Kier alpha value is -3.14. The summed E-state index contributed by atoms with van der Waals surface area (Å²) < 4.78 is 33.4. The number of esters is 4. The van der Waals surface area contributed by atoms with Crippen molar-refractivity contribution in [1.82, 2.24) is 0 Å². The van der Waals surface area contributed by atoms with E-state index in [2.05, 4.69) is 0 Å². The Bertz CT molecular complexity index is 909. The van der Waals surface area contributed by atoms with Crippen LogP contribution < -0.4 is 4.74 Å². The van der Waals surface area contributed by atoms with Crippen molar-refractivity contribution in [2.24, 2.45) is 0 Å². The van der Waals surface area contributed by atoms with Crippen molar-refractivity contribution in [3.8, 4) is 5.75 Å². The number of aryl methyl sites for hydroxylation is 1. The van der Waals surface area contributed by atoms with E-state index in [-0.39, 0.29) is 12.5 Å². The molecule has 10 heteroatoms. The number of benzene rings is 1. The second kappa shape index (κ2) is 11.8. The Morgan fingerprint density at radius 3 is 1.94 bits per heavy atom. The third-order valence-corrected chi connectivity index (χ3v) is 5.07. The third-order valence-electron chi connectivity index (χ3n) is 5.07. The lowest BCUT2D eigenvalue weighted by atomic mass is 9.97. The summed E-state index contributed by atoms with van der Waals surface area (Å²) in [5.41, 5.74) is 1.79. The number of carbonyl (C=O) groups excluding carboxylic acids is 4. The van der Waals surface area contributed by atoms with Gasteiger partial charge in [-0.15, -0.1) is 0 Å². The fraction of sp³-hybridized carbons (Fsp3) is 0.583. The van der Waals surface area contributed by atoms with Crippen molar-refractivity contribution < 1.29 is 47.6 Å². The SMILES string of the molecule is CC(=O)OC[C@@H]1O[C@@H](Oc2cc(C(C)C)ccc2C)[C@H](OC(C)=O)[C@H](OC(C)=O)[C@@H]1OC(C)=O. The number of hydrogen-bond donors (Lipinski definition) is 0. The zero-order chi connectivity index (χ0) is 25.6. The quantitative estimate of drug-likeness (QED) is 0.405. The highest BCUT2D eigenvalue weighted by molar-refractivity contribution is 5.68. The van der Waals surface area contributed by atoms with Crippen LogP contribution in [0.4, 0.5) is 0 Å². The Morgan fingerprint density at radius 2 is 1.41 bits per heavy atom. The molecule has 2 rings (SSSR count). The number of carbonyl (C=O) groups is 4. The highest BCUT2D eigenvalue weighted by Gasteiger charge is 2.53. The van der Waals surface area contributed by atoms with Crippen molar-refractivity contribution in [3.63, 3.8) is 0 Å². The molecule has 1 aromatic carbocycles. The molecule has 0 N–H and O–H groups in total. The third kappa shape index (κ3) is 7.44. The first kappa shape index (κ1) is 27.1. The zero-order valence-electron chi connectivity index (χ0n) is 20.5. The molecule has 1 aliphatic rings. The normalized spacial score (nSPS) is 24.2. The first-order valence-corrected chi connectivity index (χ1v) is 11.0. The summed E-state index contributed by atoms with van der Waals surface area (Å²) in [6.07, 6.45) is -6.11. The monoisotopic (exact) mass is 480 g/mol. The van der Waals surface area contributed by atoms with Crippen LogP contribution >= 0.6 is 0 Å². The van der Waals surface area contributed by atoms with Crippen LogP contribution in [-0.4, -0.2) is 61.2 Å². The fourth-order valence-electron chi connectivity index (χ4n) is 3.51. The van der Waals surface area contributed by atoms with Crippen LogP contribution in [0.2, 0.25) is 0 Å². The van der Waals surface area contributed by atoms with Gasteiger partial charge in [0, 0.05) is 27.7 Å². The fourth-order valence-corrected chi connectivity index (χ4v) is 3.51. The van der Waals surface area contributed by atoms with Crippen molar-refractivity contribution in [2.45, 2.75) is 85.1 Å². The van der Waals surface area contributed by atoms with Crippen LogP contribution in [0.3, 0.4) is 0 Å². The summed E-state index contributed by atoms with van der Waals surface area (Å²) in [7, 11) is 0. The maximum atomic E-state index is 11.9. The Balaban J connectivity index is 2.51. The van der Waals surface area contributed by atoms with Gasteiger partial charge in [0.05, 0.1) is 0 Å². The van der Waals surface area contributed by atoms with Crippen LogP contribution in [0, 0.1) is 6.92 Å². The largest absolute Gasteiger partial charge is 0.463 e. The van der Waals surface area contributed by atoms with Crippen LogP contribution in [0.15, 0.2) is 18.2 Å². The lowest BCUT2D eigenvalue weighted by Crippen LogP contribution is -2.63. The highest BCUT2D eigenvalue weighted by atomic mass is 16.7. The van der Waals surface area contributed by atoms with Gasteiger partial charge in [0.15, 0.2) is 12.2 Å². The van der Waals surface area contributed by atoms with Gasteiger partial charge in [0.2, 0.25) is 12.4 Å². The molecule has 0 spiro atoms. The molecule has 0 radical (unpaired) electrons. The summed E-state index contributed by atoms with van der Waals surface area (Å²) in [6.45, 7) is 10.3. The summed E-state index contributed by atoms with van der Waals surface area (Å²) in [5.74, 6) is -1.99. The van der Waals surface area contributed by atoms with Crippen LogP contribution in [0.5, 0.6) is 5.75 Å². The molecule has 0 aliphatic carbocycles. The second-order valence-electron chi connectivity index (χ2n) is 8.37. The summed E-state index contributed by atoms with van der Waals surface area (Å²) in [4.78, 5) is 47.1. The molecule has 1 fully saturated rings. The molecule has 0 aromatic heterocycles. The van der Waals surface area contributed by atoms with Crippen LogP contribution in [-0.2, 0) is 42.9 Å². The van der Waals surface area contributed by atoms with Gasteiger partial charge in [-0.2, -0.15) is 0 Å². The molecule has 1 aliphatic heterocycles.